The largest absolute Gasteiger partial charge is 0.0839 e. The lowest BCUT2D eigenvalue weighted by Crippen LogP contribution is -2.33. The molecule has 148 valence electrons. The summed E-state index contributed by atoms with van der Waals surface area (Å²) in [7, 11) is 0. The average molecular weight is 357 g/mol. The molecule has 0 spiro atoms. The molecule has 1 aliphatic carbocycles. The van der Waals surface area contributed by atoms with Crippen LogP contribution in [0.25, 0.3) is 5.57 Å². The first-order valence-corrected chi connectivity index (χ1v) is 10.8. The molecule has 1 aromatic rings. The number of aryl methyl sites for hydroxylation is 1. The van der Waals surface area contributed by atoms with Crippen LogP contribution in [0.15, 0.2) is 42.0 Å². The molecule has 0 bridgehead atoms. The van der Waals surface area contributed by atoms with Gasteiger partial charge in [0.25, 0.3) is 0 Å². The van der Waals surface area contributed by atoms with Crippen molar-refractivity contribution < 1.29 is 0 Å². The fourth-order valence-corrected chi connectivity index (χ4v) is 3.93. The molecule has 0 amide bonds. The predicted molar refractivity (Wildman–Crippen MR) is 122 cm³/mol. The Morgan fingerprint density at radius 1 is 0.923 bits per heavy atom. The van der Waals surface area contributed by atoms with Crippen LogP contribution in [0.2, 0.25) is 0 Å². The molecule has 0 radical (unpaired) electrons. The average Bonchev–Trinajstić information content (AvgIpc) is 2.66. The molecule has 0 nitrogen and oxygen atoms in total. The van der Waals surface area contributed by atoms with Crippen LogP contribution < -0.4 is 0 Å². The topological polar surface area (TPSA) is 0 Å². The molecule has 0 N–H and O–H groups in total. The van der Waals surface area contributed by atoms with Crippen molar-refractivity contribution in [2.75, 3.05) is 0 Å². The van der Waals surface area contributed by atoms with Crippen molar-refractivity contribution in [2.45, 2.75) is 94.9 Å². The summed E-state index contributed by atoms with van der Waals surface area (Å²) in [4.78, 5) is 0. The molecular formula is C26H44. The van der Waals surface area contributed by atoms with E-state index in [0.717, 1.165) is 6.42 Å². The van der Waals surface area contributed by atoms with Gasteiger partial charge in [-0.25, -0.2) is 0 Å². The van der Waals surface area contributed by atoms with Crippen LogP contribution in [0.5, 0.6) is 0 Å². The summed E-state index contributed by atoms with van der Waals surface area (Å²) in [5.74, 6) is 0. The van der Waals surface area contributed by atoms with E-state index in [9.17, 15) is 0 Å². The van der Waals surface area contributed by atoms with Crippen LogP contribution in [0, 0.1) is 17.8 Å². The monoisotopic (exact) mass is 356 g/mol. The first-order valence-electron chi connectivity index (χ1n) is 10.8. The molecule has 1 unspecified atom stereocenters. The zero-order valence-electron chi connectivity index (χ0n) is 19.3. The van der Waals surface area contributed by atoms with Gasteiger partial charge in [-0.1, -0.05) is 116 Å². The fraction of sp³-hybridized carbons (Fsp3) is 0.615. The molecule has 0 heterocycles. The van der Waals surface area contributed by atoms with Crippen molar-refractivity contribution in [3.05, 3.63) is 53.1 Å². The molecule has 0 aromatic heterocycles. The van der Waals surface area contributed by atoms with E-state index in [1.165, 1.54) is 36.0 Å². The summed E-state index contributed by atoms with van der Waals surface area (Å²) in [6.07, 6.45) is 9.82. The summed E-state index contributed by atoms with van der Waals surface area (Å²) in [6.45, 7) is 22.0. The first kappa shape index (κ1) is 24.7. The maximum absolute atomic E-state index is 2.53. The third kappa shape index (κ3) is 5.60. The summed E-state index contributed by atoms with van der Waals surface area (Å²) in [5.41, 5.74) is 6.29. The lowest BCUT2D eigenvalue weighted by molar-refractivity contribution is 0.310. The van der Waals surface area contributed by atoms with Gasteiger partial charge in [0.15, 0.2) is 0 Å². The summed E-state index contributed by atoms with van der Waals surface area (Å²) >= 11 is 0. The summed E-state index contributed by atoms with van der Waals surface area (Å²) in [6, 6.07) is 9.04. The Labute approximate surface area is 164 Å². The minimum Gasteiger partial charge on any atom is -0.0839 e. The molecule has 26 heavy (non-hydrogen) atoms. The van der Waals surface area contributed by atoms with Crippen LogP contribution in [0.4, 0.5) is 0 Å². The number of rotatable bonds is 4. The van der Waals surface area contributed by atoms with E-state index in [4.69, 9.17) is 0 Å². The van der Waals surface area contributed by atoms with Crippen molar-refractivity contribution >= 4 is 5.57 Å². The Morgan fingerprint density at radius 2 is 1.46 bits per heavy atom. The Hall–Kier alpha value is -1.30. The number of hydrogen-bond acceptors (Lipinski definition) is 0. The summed E-state index contributed by atoms with van der Waals surface area (Å²) in [5, 5.41) is 0. The SMILES string of the molecule is CC.CC.CCC/C=C1\C(C)(CC)CC=C(c2ccc(C)cc2)C1(C)C. The molecule has 0 saturated carbocycles. The third-order valence-electron chi connectivity index (χ3n) is 5.53. The second kappa shape index (κ2) is 11.4. The first-order chi connectivity index (χ1) is 12.3. The van der Waals surface area contributed by atoms with Crippen molar-refractivity contribution in [1.82, 2.24) is 0 Å². The van der Waals surface area contributed by atoms with Gasteiger partial charge in [0, 0.05) is 5.41 Å². The Balaban J connectivity index is 0.00000146. The zero-order chi connectivity index (χ0) is 20.4. The fourth-order valence-electron chi connectivity index (χ4n) is 3.93. The highest BCUT2D eigenvalue weighted by molar-refractivity contribution is 5.75. The number of allylic oxidation sites excluding steroid dienone is 4. The van der Waals surface area contributed by atoms with Crippen molar-refractivity contribution in [3.63, 3.8) is 0 Å². The van der Waals surface area contributed by atoms with Crippen LogP contribution in [-0.4, -0.2) is 0 Å². The number of hydrogen-bond donors (Lipinski definition) is 0. The van der Waals surface area contributed by atoms with E-state index in [1.54, 1.807) is 5.57 Å². The molecular weight excluding hydrogens is 312 g/mol. The van der Waals surface area contributed by atoms with E-state index in [1.807, 2.05) is 27.7 Å². The van der Waals surface area contributed by atoms with Crippen LogP contribution in [-0.2, 0) is 0 Å². The van der Waals surface area contributed by atoms with Gasteiger partial charge in [0.05, 0.1) is 0 Å². The highest BCUT2D eigenvalue weighted by Crippen LogP contribution is 2.55. The van der Waals surface area contributed by atoms with Crippen molar-refractivity contribution in [1.29, 1.82) is 0 Å². The molecule has 0 fully saturated rings. The Morgan fingerprint density at radius 3 is 1.92 bits per heavy atom. The van der Waals surface area contributed by atoms with Gasteiger partial charge in [-0.2, -0.15) is 0 Å². The highest BCUT2D eigenvalue weighted by atomic mass is 14.5. The zero-order valence-corrected chi connectivity index (χ0v) is 19.3. The van der Waals surface area contributed by atoms with E-state index < -0.39 is 0 Å². The van der Waals surface area contributed by atoms with E-state index >= 15 is 0 Å². The molecule has 0 saturated heterocycles. The van der Waals surface area contributed by atoms with Crippen LogP contribution >= 0.6 is 0 Å². The quantitative estimate of drug-likeness (QED) is 0.472. The molecule has 2 rings (SSSR count). The molecule has 1 aromatic carbocycles. The normalized spacial score (nSPS) is 22.5. The second-order valence-electron chi connectivity index (χ2n) is 7.63. The Kier molecular flexibility index (Phi) is 10.8. The second-order valence-corrected chi connectivity index (χ2v) is 7.63. The highest BCUT2D eigenvalue weighted by Gasteiger charge is 2.41. The summed E-state index contributed by atoms with van der Waals surface area (Å²) < 4.78 is 0. The third-order valence-corrected chi connectivity index (χ3v) is 5.53. The van der Waals surface area contributed by atoms with Crippen molar-refractivity contribution in [3.8, 4) is 0 Å². The van der Waals surface area contributed by atoms with E-state index in [2.05, 4.69) is 78.0 Å². The maximum Gasteiger partial charge on any atom is 0.0113 e. The van der Waals surface area contributed by atoms with Gasteiger partial charge in [-0.05, 0) is 42.7 Å². The lowest BCUT2D eigenvalue weighted by Gasteiger charge is -2.46. The standard InChI is InChI=1S/C22H32.2C2H6/c1-7-9-10-20-21(4,5)19(15-16-22(20,6)8-2)18-13-11-17(3)12-14-18;2*1-2/h10-15H,7-9,16H2,1-6H3;2*1-2H3/b20-10-;;. The van der Waals surface area contributed by atoms with Gasteiger partial charge < -0.3 is 0 Å². The minimum atomic E-state index is 0.118. The molecule has 1 aliphatic rings. The van der Waals surface area contributed by atoms with Crippen molar-refractivity contribution in [2.24, 2.45) is 10.8 Å². The van der Waals surface area contributed by atoms with Gasteiger partial charge in [0.2, 0.25) is 0 Å². The smallest absolute Gasteiger partial charge is 0.0113 e. The molecule has 0 heteroatoms. The van der Waals surface area contributed by atoms with E-state index in [-0.39, 0.29) is 5.41 Å². The van der Waals surface area contributed by atoms with Gasteiger partial charge in [-0.15, -0.1) is 0 Å². The number of unbranched alkanes of at least 4 members (excludes halogenated alkanes) is 1. The molecule has 0 aliphatic heterocycles. The Bertz CT molecular complexity index is 569. The van der Waals surface area contributed by atoms with Gasteiger partial charge >= 0.3 is 0 Å². The van der Waals surface area contributed by atoms with Gasteiger partial charge in [-0.3, -0.25) is 0 Å². The maximum atomic E-state index is 2.53. The number of benzene rings is 1. The van der Waals surface area contributed by atoms with Crippen LogP contribution in [0.3, 0.4) is 0 Å². The lowest BCUT2D eigenvalue weighted by atomic mass is 9.58. The minimum absolute atomic E-state index is 0.118. The molecule has 1 atom stereocenters. The predicted octanol–water partition coefficient (Wildman–Crippen LogP) is 9.00. The van der Waals surface area contributed by atoms with Gasteiger partial charge in [0.1, 0.15) is 0 Å². The van der Waals surface area contributed by atoms with E-state index in [0.29, 0.717) is 5.41 Å². The van der Waals surface area contributed by atoms with Crippen LogP contribution in [0.1, 0.15) is 99.1 Å².